The third kappa shape index (κ3) is 17.9. The minimum Gasteiger partial charge on any atom is -0.469 e. The van der Waals surface area contributed by atoms with Gasteiger partial charge in [0.25, 0.3) is 0 Å². The van der Waals surface area contributed by atoms with Gasteiger partial charge in [0.2, 0.25) is 0 Å². The molecule has 0 saturated heterocycles. The van der Waals surface area contributed by atoms with Crippen LogP contribution in [-0.2, 0) is 14.0 Å². The van der Waals surface area contributed by atoms with Gasteiger partial charge >= 0.3 is 5.97 Å². The Labute approximate surface area is 163 Å². The first-order chi connectivity index (χ1) is 12.4. The highest BCUT2D eigenvalue weighted by atomic mass is 28.4. The molecular formula is C22H42O3Si. The smallest absolute Gasteiger partial charge is 0.305 e. The zero-order chi connectivity index (χ0) is 19.7. The number of methoxy groups -OCH3 is 1. The van der Waals surface area contributed by atoms with Crippen molar-refractivity contribution in [1.29, 1.82) is 0 Å². The van der Waals surface area contributed by atoms with Crippen LogP contribution in [0.2, 0.25) is 19.6 Å². The fraction of sp³-hybridized carbons (Fsp3) is 0.773. The molecular weight excluding hydrogens is 340 g/mol. The molecule has 0 saturated carbocycles. The Morgan fingerprint density at radius 3 is 2.35 bits per heavy atom. The van der Waals surface area contributed by atoms with E-state index < -0.39 is 8.32 Å². The predicted octanol–water partition coefficient (Wildman–Crippen LogP) is 6.80. The van der Waals surface area contributed by atoms with Gasteiger partial charge in [-0.25, -0.2) is 0 Å². The number of unbranched alkanes of at least 4 members (excludes halogenated alkanes) is 6. The van der Waals surface area contributed by atoms with Crippen LogP contribution < -0.4 is 0 Å². The van der Waals surface area contributed by atoms with Crippen LogP contribution in [0.5, 0.6) is 0 Å². The van der Waals surface area contributed by atoms with Crippen LogP contribution >= 0.6 is 0 Å². The number of carbonyl (C=O) groups excluding carboxylic acids is 1. The van der Waals surface area contributed by atoms with Crippen LogP contribution in [-0.4, -0.2) is 27.5 Å². The summed E-state index contributed by atoms with van der Waals surface area (Å²) in [5.74, 6) is -0.101. The molecule has 0 bridgehead atoms. The minimum atomic E-state index is -1.54. The van der Waals surface area contributed by atoms with Gasteiger partial charge in [-0.15, -0.1) is 0 Å². The summed E-state index contributed by atoms with van der Waals surface area (Å²) in [6.45, 7) is 8.98. The Morgan fingerprint density at radius 1 is 0.962 bits per heavy atom. The lowest BCUT2D eigenvalue weighted by Crippen LogP contribution is -2.31. The molecule has 3 nitrogen and oxygen atoms in total. The van der Waals surface area contributed by atoms with Crippen LogP contribution in [0, 0.1) is 0 Å². The van der Waals surface area contributed by atoms with E-state index >= 15 is 0 Å². The van der Waals surface area contributed by atoms with Crippen molar-refractivity contribution in [2.24, 2.45) is 0 Å². The first-order valence-electron chi connectivity index (χ1n) is 10.4. The number of hydrogen-bond donors (Lipinski definition) is 0. The molecule has 0 aliphatic carbocycles. The molecule has 0 N–H and O–H groups in total. The highest BCUT2D eigenvalue weighted by Crippen LogP contribution is 2.16. The SMILES string of the molecule is CCCCC/C=C\C/C=C\C(CCCCCCC(=O)OC)O[Si](C)(C)C. The minimum absolute atomic E-state index is 0.101. The summed E-state index contributed by atoms with van der Waals surface area (Å²) in [5, 5.41) is 0. The number of rotatable bonds is 16. The van der Waals surface area contributed by atoms with Crippen LogP contribution in [0.15, 0.2) is 24.3 Å². The molecule has 1 unspecified atom stereocenters. The molecule has 0 aliphatic heterocycles. The van der Waals surface area contributed by atoms with Gasteiger partial charge in [-0.05, 0) is 51.7 Å². The molecule has 0 rings (SSSR count). The average Bonchev–Trinajstić information content (AvgIpc) is 2.58. The van der Waals surface area contributed by atoms with E-state index in [1.807, 2.05) is 0 Å². The third-order valence-electron chi connectivity index (χ3n) is 4.12. The molecule has 0 heterocycles. The molecule has 0 aromatic heterocycles. The van der Waals surface area contributed by atoms with Crippen LogP contribution in [0.25, 0.3) is 0 Å². The first kappa shape index (κ1) is 25.1. The maximum Gasteiger partial charge on any atom is 0.305 e. The highest BCUT2D eigenvalue weighted by Gasteiger charge is 2.19. The summed E-state index contributed by atoms with van der Waals surface area (Å²) in [7, 11) is -0.0845. The predicted molar refractivity (Wildman–Crippen MR) is 115 cm³/mol. The zero-order valence-corrected chi connectivity index (χ0v) is 18.9. The second-order valence-electron chi connectivity index (χ2n) is 7.93. The standard InChI is InChI=1S/C22H42O3Si/c1-6-7-8-9-10-11-12-15-18-21(25-26(3,4)5)19-16-13-14-17-20-22(23)24-2/h10-11,15,18,21H,6-9,12-14,16-17,19-20H2,1-5H3/b11-10-,18-15-. The van der Waals surface area contributed by atoms with Gasteiger partial charge in [0.05, 0.1) is 13.2 Å². The largest absolute Gasteiger partial charge is 0.469 e. The number of hydrogen-bond acceptors (Lipinski definition) is 3. The quantitative estimate of drug-likeness (QED) is 0.127. The molecule has 0 aromatic rings. The van der Waals surface area contributed by atoms with Gasteiger partial charge in [0.1, 0.15) is 0 Å². The maximum absolute atomic E-state index is 11.1. The Hall–Kier alpha value is -0.873. The molecule has 26 heavy (non-hydrogen) atoms. The summed E-state index contributed by atoms with van der Waals surface area (Å²) >= 11 is 0. The Bertz CT molecular complexity index is 397. The van der Waals surface area contributed by atoms with Crippen LogP contribution in [0.3, 0.4) is 0 Å². The lowest BCUT2D eigenvalue weighted by Gasteiger charge is -2.24. The molecule has 0 amide bonds. The van der Waals surface area contributed by atoms with Crippen molar-refractivity contribution in [3.63, 3.8) is 0 Å². The molecule has 0 radical (unpaired) electrons. The molecule has 1 atom stereocenters. The average molecular weight is 383 g/mol. The van der Waals surface area contributed by atoms with Gasteiger partial charge in [-0.1, -0.05) is 63.3 Å². The van der Waals surface area contributed by atoms with Crippen LogP contribution in [0.1, 0.15) is 77.6 Å². The van der Waals surface area contributed by atoms with E-state index in [9.17, 15) is 4.79 Å². The van der Waals surface area contributed by atoms with E-state index in [0.717, 1.165) is 38.5 Å². The Morgan fingerprint density at radius 2 is 1.69 bits per heavy atom. The van der Waals surface area contributed by atoms with Crippen molar-refractivity contribution >= 4 is 14.3 Å². The maximum atomic E-state index is 11.1. The summed E-state index contributed by atoms with van der Waals surface area (Å²) in [6, 6.07) is 0. The third-order valence-corrected chi connectivity index (χ3v) is 5.13. The van der Waals surface area contributed by atoms with Crippen molar-refractivity contribution in [3.8, 4) is 0 Å². The fourth-order valence-corrected chi connectivity index (χ4v) is 3.86. The summed E-state index contributed by atoms with van der Waals surface area (Å²) < 4.78 is 11.0. The van der Waals surface area contributed by atoms with Gasteiger partial charge in [-0.3, -0.25) is 4.79 Å². The molecule has 4 heteroatoms. The number of ether oxygens (including phenoxy) is 1. The normalized spacial score (nSPS) is 13.6. The van der Waals surface area contributed by atoms with E-state index in [0.29, 0.717) is 6.42 Å². The van der Waals surface area contributed by atoms with Crippen molar-refractivity contribution in [2.45, 2.75) is 103 Å². The van der Waals surface area contributed by atoms with Crippen LogP contribution in [0.4, 0.5) is 0 Å². The molecule has 0 aliphatic rings. The zero-order valence-electron chi connectivity index (χ0n) is 17.9. The van der Waals surface area contributed by atoms with Crippen molar-refractivity contribution in [3.05, 3.63) is 24.3 Å². The Kier molecular flexibility index (Phi) is 15.8. The lowest BCUT2D eigenvalue weighted by atomic mass is 10.1. The van der Waals surface area contributed by atoms with Crippen molar-refractivity contribution in [2.75, 3.05) is 7.11 Å². The van der Waals surface area contributed by atoms with Crippen molar-refractivity contribution in [1.82, 2.24) is 0 Å². The van der Waals surface area contributed by atoms with Gasteiger partial charge in [0.15, 0.2) is 8.32 Å². The monoisotopic (exact) mass is 382 g/mol. The van der Waals surface area contributed by atoms with Gasteiger partial charge in [0, 0.05) is 6.42 Å². The Balaban J connectivity index is 4.08. The van der Waals surface area contributed by atoms with E-state index in [1.54, 1.807) is 0 Å². The second kappa shape index (κ2) is 16.3. The summed E-state index contributed by atoms with van der Waals surface area (Å²) in [6.07, 6.45) is 21.3. The van der Waals surface area contributed by atoms with Crippen molar-refractivity contribution < 1.29 is 14.0 Å². The first-order valence-corrected chi connectivity index (χ1v) is 13.9. The highest BCUT2D eigenvalue weighted by molar-refractivity contribution is 6.69. The summed E-state index contributed by atoms with van der Waals surface area (Å²) in [5.41, 5.74) is 0. The van der Waals surface area contributed by atoms with E-state index in [-0.39, 0.29) is 12.1 Å². The number of allylic oxidation sites excluding steroid dienone is 3. The second-order valence-corrected chi connectivity index (χ2v) is 12.4. The van der Waals surface area contributed by atoms with Gasteiger partial charge < -0.3 is 9.16 Å². The van der Waals surface area contributed by atoms with E-state index in [2.05, 4.69) is 55.6 Å². The molecule has 0 spiro atoms. The molecule has 152 valence electrons. The summed E-state index contributed by atoms with van der Waals surface area (Å²) in [4.78, 5) is 11.1. The number of esters is 1. The van der Waals surface area contributed by atoms with Gasteiger partial charge in [-0.2, -0.15) is 0 Å². The van der Waals surface area contributed by atoms with E-state index in [1.165, 1.54) is 32.8 Å². The van der Waals surface area contributed by atoms with E-state index in [4.69, 9.17) is 4.43 Å². The topological polar surface area (TPSA) is 35.5 Å². The molecule has 0 fully saturated rings. The number of carbonyl (C=O) groups is 1. The molecule has 0 aromatic carbocycles. The lowest BCUT2D eigenvalue weighted by molar-refractivity contribution is -0.140. The fourth-order valence-electron chi connectivity index (χ4n) is 2.75.